The van der Waals surface area contributed by atoms with E-state index in [1.54, 1.807) is 54.6 Å². The highest BCUT2D eigenvalue weighted by Crippen LogP contribution is 2.40. The van der Waals surface area contributed by atoms with Crippen LogP contribution in [0.3, 0.4) is 0 Å². The molecule has 14 heteroatoms. The average molecular weight is 792 g/mol. The van der Waals surface area contributed by atoms with Crippen molar-refractivity contribution >= 4 is 44.9 Å². The van der Waals surface area contributed by atoms with Crippen LogP contribution in [0.4, 0.5) is 5.69 Å². The number of esters is 1. The number of carbonyl (C=O) groups is 1. The fourth-order valence-corrected chi connectivity index (χ4v) is 8.44. The van der Waals surface area contributed by atoms with E-state index in [1.807, 2.05) is 43.3 Å². The van der Waals surface area contributed by atoms with Crippen molar-refractivity contribution in [1.29, 1.82) is 0 Å². The maximum Gasteiger partial charge on any atom is 0.324 e. The molecule has 1 heterocycles. The first-order chi connectivity index (χ1) is 26.0. The summed E-state index contributed by atoms with van der Waals surface area (Å²) in [7, 11) is -3.23. The Labute approximate surface area is 323 Å². The predicted molar refractivity (Wildman–Crippen MR) is 204 cm³/mol. The van der Waals surface area contributed by atoms with Crippen LogP contribution in [0.2, 0.25) is 10.0 Å². The van der Waals surface area contributed by atoms with Crippen molar-refractivity contribution in [3.05, 3.63) is 158 Å². The summed E-state index contributed by atoms with van der Waals surface area (Å²) >= 11 is 12.2. The summed E-state index contributed by atoms with van der Waals surface area (Å²) in [5.41, 5.74) is 2.69. The third-order valence-corrected chi connectivity index (χ3v) is 11.7. The van der Waals surface area contributed by atoms with E-state index in [1.165, 1.54) is 19.2 Å². The van der Waals surface area contributed by atoms with E-state index in [9.17, 15) is 23.3 Å². The lowest BCUT2D eigenvalue weighted by molar-refractivity contribution is -0.384. The number of hydrogen-bond donors (Lipinski definition) is 0. The Morgan fingerprint density at radius 1 is 0.907 bits per heavy atom. The van der Waals surface area contributed by atoms with Crippen molar-refractivity contribution in [1.82, 2.24) is 4.31 Å². The van der Waals surface area contributed by atoms with Crippen LogP contribution in [0.1, 0.15) is 47.7 Å². The minimum atomic E-state index is -4.43. The second-order valence-electron chi connectivity index (χ2n) is 12.5. The van der Waals surface area contributed by atoms with Crippen LogP contribution in [0.5, 0.6) is 17.2 Å². The van der Waals surface area contributed by atoms with Crippen LogP contribution in [0.25, 0.3) is 0 Å². The molecular formula is C40H36Cl2N2O9S. The van der Waals surface area contributed by atoms with Gasteiger partial charge in [-0.3, -0.25) is 14.9 Å². The highest BCUT2D eigenvalue weighted by Gasteiger charge is 2.42. The van der Waals surface area contributed by atoms with E-state index in [-0.39, 0.29) is 30.2 Å². The van der Waals surface area contributed by atoms with Crippen molar-refractivity contribution in [3.8, 4) is 17.2 Å². The topological polar surface area (TPSA) is 135 Å². The third-order valence-electron chi connectivity index (χ3n) is 9.00. The summed E-state index contributed by atoms with van der Waals surface area (Å²) < 4.78 is 53.8. The lowest BCUT2D eigenvalue weighted by Crippen LogP contribution is -2.48. The molecule has 6 rings (SSSR count). The van der Waals surface area contributed by atoms with Gasteiger partial charge in [0.2, 0.25) is 10.0 Å². The quantitative estimate of drug-likeness (QED) is 0.0614. The van der Waals surface area contributed by atoms with Gasteiger partial charge >= 0.3 is 5.97 Å². The van der Waals surface area contributed by atoms with E-state index < -0.39 is 39.1 Å². The Hall–Kier alpha value is -5.14. The molecule has 0 fully saturated rings. The Kier molecular flexibility index (Phi) is 12.1. The van der Waals surface area contributed by atoms with Gasteiger partial charge in [0.25, 0.3) is 5.69 Å². The van der Waals surface area contributed by atoms with E-state index in [4.69, 9.17) is 42.1 Å². The maximum absolute atomic E-state index is 14.5. The SMILES string of the molecule is CC[C@@H](c1ccccc1)N(C(Cc1ccc2c(c1)OCC(c1cccc(OCc3ccc(Cl)c(Cl)c3)c1)O2)C(=O)OC)S(=O)(=O)c1ccc([N+](=O)[O-])cc1. The number of halogens is 2. The number of fused-ring (bicyclic) bond motifs is 1. The molecule has 0 amide bonds. The standard InChI is InChI=1S/C40H36Cl2N2O9S/c1-3-35(28-8-5-4-6-9-28)43(54(48,49)32-16-14-30(15-17-32)44(46)47)36(40(45)50-2)21-26-13-19-37-38(22-26)52-25-39(53-37)29-10-7-11-31(23-29)51-24-27-12-18-33(41)34(42)20-27/h4-20,22-23,35-36,39H,3,21,24-25H2,1-2H3/t35-,36?,39?/m0/s1. The van der Waals surface area contributed by atoms with Crippen molar-refractivity contribution in [2.75, 3.05) is 13.7 Å². The number of nitro groups is 1. The molecule has 3 atom stereocenters. The summed E-state index contributed by atoms with van der Waals surface area (Å²) in [5.74, 6) is 0.759. The van der Waals surface area contributed by atoms with Crippen molar-refractivity contribution < 1.29 is 37.1 Å². The molecule has 0 saturated heterocycles. The van der Waals surface area contributed by atoms with Crippen LogP contribution in [0, 0.1) is 10.1 Å². The molecule has 0 N–H and O–H groups in total. The molecule has 0 spiro atoms. The predicted octanol–water partition coefficient (Wildman–Crippen LogP) is 8.92. The van der Waals surface area contributed by atoms with E-state index in [0.717, 1.165) is 27.6 Å². The van der Waals surface area contributed by atoms with Gasteiger partial charge in [-0.05, 0) is 83.6 Å². The molecule has 280 valence electrons. The van der Waals surface area contributed by atoms with Crippen LogP contribution in [-0.2, 0) is 32.6 Å². The Balaban J connectivity index is 1.25. The zero-order valence-electron chi connectivity index (χ0n) is 29.3. The maximum atomic E-state index is 14.5. The first-order valence-electron chi connectivity index (χ1n) is 17.0. The number of hydrogen-bond acceptors (Lipinski definition) is 9. The molecule has 0 bridgehead atoms. The number of methoxy groups -OCH3 is 1. The minimum absolute atomic E-state index is 0.0689. The summed E-state index contributed by atoms with van der Waals surface area (Å²) in [6.45, 7) is 2.29. The van der Waals surface area contributed by atoms with E-state index in [0.29, 0.717) is 44.8 Å². The Morgan fingerprint density at radius 2 is 1.65 bits per heavy atom. The third kappa shape index (κ3) is 8.63. The molecule has 1 aliphatic rings. The number of nitro benzene ring substituents is 1. The molecule has 0 radical (unpaired) electrons. The molecule has 54 heavy (non-hydrogen) atoms. The molecule has 11 nitrogen and oxygen atoms in total. The van der Waals surface area contributed by atoms with E-state index in [2.05, 4.69) is 0 Å². The first kappa shape index (κ1) is 38.6. The molecule has 2 unspecified atom stereocenters. The van der Waals surface area contributed by atoms with Gasteiger partial charge in [0.15, 0.2) is 17.6 Å². The summed E-state index contributed by atoms with van der Waals surface area (Å²) in [5, 5.41) is 12.2. The average Bonchev–Trinajstić information content (AvgIpc) is 3.19. The van der Waals surface area contributed by atoms with Gasteiger partial charge in [-0.1, -0.05) is 84.7 Å². The number of non-ortho nitro benzene ring substituents is 1. The highest BCUT2D eigenvalue weighted by molar-refractivity contribution is 7.89. The number of rotatable bonds is 14. The fraction of sp³-hybridized carbons (Fsp3) is 0.225. The fourth-order valence-electron chi connectivity index (χ4n) is 6.30. The second kappa shape index (κ2) is 16.9. The number of benzene rings is 5. The van der Waals surface area contributed by atoms with Crippen LogP contribution >= 0.6 is 23.2 Å². The lowest BCUT2D eigenvalue weighted by atomic mass is 10.00. The van der Waals surface area contributed by atoms with Gasteiger partial charge in [-0.25, -0.2) is 8.42 Å². The van der Waals surface area contributed by atoms with Gasteiger partial charge in [0.1, 0.15) is 25.0 Å². The van der Waals surface area contributed by atoms with E-state index >= 15 is 0 Å². The van der Waals surface area contributed by atoms with Gasteiger partial charge in [0.05, 0.1) is 33.0 Å². The Morgan fingerprint density at radius 3 is 2.33 bits per heavy atom. The summed E-state index contributed by atoms with van der Waals surface area (Å²) in [6, 6.07) is 29.5. The summed E-state index contributed by atoms with van der Waals surface area (Å²) in [4.78, 5) is 24.1. The smallest absolute Gasteiger partial charge is 0.324 e. The van der Waals surface area contributed by atoms with Gasteiger partial charge in [-0.15, -0.1) is 0 Å². The summed E-state index contributed by atoms with van der Waals surface area (Å²) in [6.07, 6.45) is -0.202. The highest BCUT2D eigenvalue weighted by atomic mass is 35.5. The molecular weight excluding hydrogens is 755 g/mol. The second-order valence-corrected chi connectivity index (χ2v) is 15.1. The molecule has 0 saturated carbocycles. The Bertz CT molecular complexity index is 2240. The normalized spacial score (nSPS) is 14.9. The molecule has 0 aromatic heterocycles. The molecule has 5 aromatic rings. The lowest BCUT2D eigenvalue weighted by Gasteiger charge is -2.36. The van der Waals surface area contributed by atoms with Gasteiger partial charge < -0.3 is 18.9 Å². The number of ether oxygens (including phenoxy) is 4. The first-order valence-corrected chi connectivity index (χ1v) is 19.2. The monoisotopic (exact) mass is 790 g/mol. The van der Waals surface area contributed by atoms with Gasteiger partial charge in [-0.2, -0.15) is 4.31 Å². The molecule has 1 aliphatic heterocycles. The number of carbonyl (C=O) groups excluding carboxylic acids is 1. The van der Waals surface area contributed by atoms with Crippen molar-refractivity contribution in [2.45, 2.75) is 49.5 Å². The zero-order chi connectivity index (χ0) is 38.4. The minimum Gasteiger partial charge on any atom is -0.489 e. The number of nitrogens with zero attached hydrogens (tertiary/aromatic N) is 2. The molecule has 5 aromatic carbocycles. The molecule has 0 aliphatic carbocycles. The van der Waals surface area contributed by atoms with Crippen LogP contribution in [-0.4, -0.2) is 43.4 Å². The van der Waals surface area contributed by atoms with Crippen molar-refractivity contribution in [3.63, 3.8) is 0 Å². The largest absolute Gasteiger partial charge is 0.489 e. The zero-order valence-corrected chi connectivity index (χ0v) is 31.6. The van der Waals surface area contributed by atoms with Gasteiger partial charge in [0, 0.05) is 12.1 Å². The number of sulfonamides is 1. The van der Waals surface area contributed by atoms with Crippen molar-refractivity contribution in [2.24, 2.45) is 0 Å². The van der Waals surface area contributed by atoms with Crippen LogP contribution < -0.4 is 14.2 Å². The van der Waals surface area contributed by atoms with Crippen LogP contribution in [0.15, 0.2) is 120 Å².